The van der Waals surface area contributed by atoms with Crippen molar-refractivity contribution < 1.29 is 9.21 Å². The number of nitrogens with one attached hydrogen (secondary N) is 1. The normalized spacial score (nSPS) is 16.9. The molecule has 0 saturated carbocycles. The first-order valence-electron chi connectivity index (χ1n) is 9.31. The molecule has 1 amide bonds. The number of nitrogens with zero attached hydrogens (tertiary/aromatic N) is 3. The molecule has 6 heteroatoms. The Kier molecular flexibility index (Phi) is 5.07. The van der Waals surface area contributed by atoms with E-state index in [0.717, 1.165) is 26.1 Å². The Bertz CT molecular complexity index is 883. The number of hydrogen-bond donors (Lipinski definition) is 1. The summed E-state index contributed by atoms with van der Waals surface area (Å²) in [6.45, 7) is 5.42. The van der Waals surface area contributed by atoms with E-state index in [0.29, 0.717) is 12.3 Å². The second-order valence-electron chi connectivity index (χ2n) is 7.10. The van der Waals surface area contributed by atoms with Crippen LogP contribution in [0.5, 0.6) is 0 Å². The van der Waals surface area contributed by atoms with Crippen LogP contribution in [0.25, 0.3) is 0 Å². The minimum absolute atomic E-state index is 0.173. The van der Waals surface area contributed by atoms with Crippen LogP contribution in [0.3, 0.4) is 0 Å². The number of furan rings is 1. The largest absolute Gasteiger partial charge is 0.459 e. The van der Waals surface area contributed by atoms with E-state index in [9.17, 15) is 4.79 Å². The van der Waals surface area contributed by atoms with Crippen molar-refractivity contribution in [3.8, 4) is 0 Å². The molecule has 0 saturated heterocycles. The third-order valence-corrected chi connectivity index (χ3v) is 4.99. The van der Waals surface area contributed by atoms with E-state index in [1.807, 2.05) is 6.20 Å². The van der Waals surface area contributed by atoms with Crippen molar-refractivity contribution in [2.45, 2.75) is 32.5 Å². The standard InChI is InChI=1S/C21H24N4O2/c1-16-4-6-17(7-5-16)13-24-14-18(25-19(15-24)9-11-23-25)8-10-22-21(26)20-3-2-12-27-20/h2-7,9,11-12,18H,8,10,13-15H2,1H3,(H,22,26). The number of aromatic nitrogens is 2. The average molecular weight is 364 g/mol. The maximum Gasteiger partial charge on any atom is 0.286 e. The molecule has 1 aromatic carbocycles. The molecular formula is C21H24N4O2. The monoisotopic (exact) mass is 364 g/mol. The van der Waals surface area contributed by atoms with Gasteiger partial charge in [0.2, 0.25) is 0 Å². The van der Waals surface area contributed by atoms with Crippen LogP contribution in [0.4, 0.5) is 0 Å². The number of rotatable bonds is 6. The van der Waals surface area contributed by atoms with Crippen LogP contribution in [0.2, 0.25) is 0 Å². The molecule has 1 unspecified atom stereocenters. The van der Waals surface area contributed by atoms with Crippen molar-refractivity contribution >= 4 is 5.91 Å². The second-order valence-corrected chi connectivity index (χ2v) is 7.10. The topological polar surface area (TPSA) is 63.3 Å². The van der Waals surface area contributed by atoms with E-state index in [1.54, 1.807) is 12.1 Å². The van der Waals surface area contributed by atoms with Gasteiger partial charge in [0.15, 0.2) is 5.76 Å². The van der Waals surface area contributed by atoms with E-state index in [2.05, 4.69) is 57.3 Å². The molecule has 0 aliphatic carbocycles. The number of benzene rings is 1. The summed E-state index contributed by atoms with van der Waals surface area (Å²) in [5, 5.41) is 7.43. The van der Waals surface area contributed by atoms with Crippen molar-refractivity contribution in [1.82, 2.24) is 20.0 Å². The van der Waals surface area contributed by atoms with Gasteiger partial charge in [-0.3, -0.25) is 14.4 Å². The quantitative estimate of drug-likeness (QED) is 0.730. The molecule has 27 heavy (non-hydrogen) atoms. The zero-order valence-corrected chi connectivity index (χ0v) is 15.5. The van der Waals surface area contributed by atoms with Crippen LogP contribution < -0.4 is 5.32 Å². The van der Waals surface area contributed by atoms with Crippen molar-refractivity contribution in [2.75, 3.05) is 13.1 Å². The highest BCUT2D eigenvalue weighted by molar-refractivity contribution is 5.91. The summed E-state index contributed by atoms with van der Waals surface area (Å²) in [6.07, 6.45) is 4.19. The number of hydrogen-bond acceptors (Lipinski definition) is 4. The molecule has 140 valence electrons. The SMILES string of the molecule is Cc1ccc(CN2Cc3ccnn3C(CCNC(=O)c3ccco3)C2)cc1. The lowest BCUT2D eigenvalue weighted by molar-refractivity contribution is 0.0919. The van der Waals surface area contributed by atoms with Gasteiger partial charge >= 0.3 is 0 Å². The van der Waals surface area contributed by atoms with E-state index in [4.69, 9.17) is 4.42 Å². The minimum Gasteiger partial charge on any atom is -0.459 e. The van der Waals surface area contributed by atoms with Crippen LogP contribution in [-0.2, 0) is 13.1 Å². The molecule has 1 atom stereocenters. The van der Waals surface area contributed by atoms with Crippen molar-refractivity contribution in [3.63, 3.8) is 0 Å². The lowest BCUT2D eigenvalue weighted by Gasteiger charge is -2.34. The molecular weight excluding hydrogens is 340 g/mol. The van der Waals surface area contributed by atoms with Crippen LogP contribution in [-0.4, -0.2) is 33.7 Å². The Hall–Kier alpha value is -2.86. The summed E-state index contributed by atoms with van der Waals surface area (Å²) in [4.78, 5) is 14.5. The molecule has 0 fully saturated rings. The minimum atomic E-state index is -0.173. The Morgan fingerprint density at radius 3 is 2.89 bits per heavy atom. The number of amides is 1. The molecule has 1 N–H and O–H groups in total. The van der Waals surface area contributed by atoms with Gasteiger partial charge in [-0.25, -0.2) is 0 Å². The summed E-state index contributed by atoms with van der Waals surface area (Å²) in [5.41, 5.74) is 3.81. The van der Waals surface area contributed by atoms with Crippen LogP contribution in [0, 0.1) is 6.92 Å². The van der Waals surface area contributed by atoms with Crippen LogP contribution >= 0.6 is 0 Å². The Morgan fingerprint density at radius 2 is 2.11 bits per heavy atom. The van der Waals surface area contributed by atoms with E-state index in [-0.39, 0.29) is 11.9 Å². The molecule has 3 aromatic rings. The molecule has 3 heterocycles. The van der Waals surface area contributed by atoms with E-state index in [1.165, 1.54) is 23.1 Å². The molecule has 1 aliphatic heterocycles. The van der Waals surface area contributed by atoms with Gasteiger partial charge in [-0.1, -0.05) is 29.8 Å². The Balaban J connectivity index is 1.38. The van der Waals surface area contributed by atoms with Gasteiger partial charge in [0.1, 0.15) is 0 Å². The fraction of sp³-hybridized carbons (Fsp3) is 0.333. The summed E-state index contributed by atoms with van der Waals surface area (Å²) < 4.78 is 7.24. The Labute approximate surface area is 158 Å². The second kappa shape index (κ2) is 7.80. The van der Waals surface area contributed by atoms with Crippen molar-refractivity contribution in [2.24, 2.45) is 0 Å². The number of carbonyl (C=O) groups excluding carboxylic acids is 1. The predicted octanol–water partition coefficient (Wildman–Crippen LogP) is 3.16. The highest BCUT2D eigenvalue weighted by atomic mass is 16.3. The van der Waals surface area contributed by atoms with Gasteiger partial charge in [0.05, 0.1) is 18.0 Å². The third-order valence-electron chi connectivity index (χ3n) is 4.99. The molecule has 0 radical (unpaired) electrons. The molecule has 4 rings (SSSR count). The fourth-order valence-electron chi connectivity index (χ4n) is 3.60. The van der Waals surface area contributed by atoms with Crippen molar-refractivity contribution in [3.05, 3.63) is 77.5 Å². The van der Waals surface area contributed by atoms with E-state index >= 15 is 0 Å². The molecule has 6 nitrogen and oxygen atoms in total. The average Bonchev–Trinajstić information content (AvgIpc) is 3.35. The maximum atomic E-state index is 12.0. The maximum absolute atomic E-state index is 12.0. The first-order chi connectivity index (χ1) is 13.2. The fourth-order valence-corrected chi connectivity index (χ4v) is 3.60. The zero-order chi connectivity index (χ0) is 18.6. The number of aryl methyl sites for hydroxylation is 1. The summed E-state index contributed by atoms with van der Waals surface area (Å²) >= 11 is 0. The van der Waals surface area contributed by atoms with Crippen LogP contribution in [0.1, 0.15) is 39.8 Å². The molecule has 0 bridgehead atoms. The predicted molar refractivity (Wildman–Crippen MR) is 102 cm³/mol. The summed E-state index contributed by atoms with van der Waals surface area (Å²) in [7, 11) is 0. The Morgan fingerprint density at radius 1 is 1.26 bits per heavy atom. The highest BCUT2D eigenvalue weighted by Gasteiger charge is 2.25. The lowest BCUT2D eigenvalue weighted by atomic mass is 10.1. The van der Waals surface area contributed by atoms with Gasteiger partial charge in [0, 0.05) is 32.4 Å². The first-order valence-corrected chi connectivity index (χ1v) is 9.31. The van der Waals surface area contributed by atoms with Gasteiger partial charge in [-0.2, -0.15) is 5.10 Å². The van der Waals surface area contributed by atoms with E-state index < -0.39 is 0 Å². The zero-order valence-electron chi connectivity index (χ0n) is 15.5. The molecule has 1 aliphatic rings. The number of carbonyl (C=O) groups is 1. The van der Waals surface area contributed by atoms with Gasteiger partial charge in [-0.15, -0.1) is 0 Å². The highest BCUT2D eigenvalue weighted by Crippen LogP contribution is 2.24. The first kappa shape index (κ1) is 17.5. The summed E-state index contributed by atoms with van der Waals surface area (Å²) in [5.74, 6) is 0.174. The third kappa shape index (κ3) is 4.11. The molecule has 2 aromatic heterocycles. The smallest absolute Gasteiger partial charge is 0.286 e. The van der Waals surface area contributed by atoms with Gasteiger partial charge in [-0.05, 0) is 37.1 Å². The lowest BCUT2D eigenvalue weighted by Crippen LogP contribution is -2.38. The van der Waals surface area contributed by atoms with Gasteiger partial charge < -0.3 is 9.73 Å². The van der Waals surface area contributed by atoms with Crippen molar-refractivity contribution in [1.29, 1.82) is 0 Å². The van der Waals surface area contributed by atoms with Crippen LogP contribution in [0.15, 0.2) is 59.3 Å². The molecule has 0 spiro atoms. The summed E-state index contributed by atoms with van der Waals surface area (Å²) in [6, 6.07) is 14.4. The van der Waals surface area contributed by atoms with Gasteiger partial charge in [0.25, 0.3) is 5.91 Å². The number of fused-ring (bicyclic) bond motifs is 1.